The number of ether oxygens (including phenoxy) is 1. The zero-order valence-corrected chi connectivity index (χ0v) is 6.11. The molecule has 2 nitrogen and oxygen atoms in total. The van der Waals surface area contributed by atoms with Gasteiger partial charge in [0.05, 0.1) is 12.2 Å². The minimum absolute atomic E-state index is 0.164. The standard InChI is InChI=1S/C7H6O2S/c8-7-6-4-10-3-5(6)1-2-9-7/h3-4H,1-2H2. The maximum atomic E-state index is 10.9. The van der Waals surface area contributed by atoms with Crippen LogP contribution < -0.4 is 0 Å². The number of rotatable bonds is 0. The Morgan fingerprint density at radius 2 is 2.40 bits per heavy atom. The van der Waals surface area contributed by atoms with Gasteiger partial charge in [-0.3, -0.25) is 0 Å². The lowest BCUT2D eigenvalue weighted by molar-refractivity contribution is 0.0481. The van der Waals surface area contributed by atoms with Crippen molar-refractivity contribution in [2.45, 2.75) is 6.42 Å². The van der Waals surface area contributed by atoms with E-state index in [4.69, 9.17) is 4.74 Å². The molecule has 0 radical (unpaired) electrons. The molecule has 1 aliphatic rings. The number of fused-ring (bicyclic) bond motifs is 1. The topological polar surface area (TPSA) is 26.3 Å². The molecule has 3 heteroatoms. The van der Waals surface area contributed by atoms with Crippen LogP contribution in [0.4, 0.5) is 0 Å². The van der Waals surface area contributed by atoms with E-state index in [0.29, 0.717) is 6.61 Å². The Bertz CT molecular complexity index is 264. The van der Waals surface area contributed by atoms with Gasteiger partial charge in [-0.1, -0.05) is 0 Å². The molecule has 1 aromatic heterocycles. The summed E-state index contributed by atoms with van der Waals surface area (Å²) in [6.07, 6.45) is 0.880. The van der Waals surface area contributed by atoms with Crippen LogP contribution in [0.1, 0.15) is 15.9 Å². The highest BCUT2D eigenvalue weighted by Crippen LogP contribution is 2.20. The van der Waals surface area contributed by atoms with Crippen molar-refractivity contribution in [2.24, 2.45) is 0 Å². The molecule has 0 atom stereocenters. The number of cyclic esters (lactones) is 1. The number of hydrogen-bond acceptors (Lipinski definition) is 3. The highest BCUT2D eigenvalue weighted by molar-refractivity contribution is 7.08. The van der Waals surface area contributed by atoms with E-state index in [2.05, 4.69) is 0 Å². The molecule has 1 aliphatic heterocycles. The molecular formula is C7H6O2S. The largest absolute Gasteiger partial charge is 0.462 e. The third kappa shape index (κ3) is 0.743. The normalized spacial score (nSPS) is 16.2. The van der Waals surface area contributed by atoms with Crippen molar-refractivity contribution in [3.8, 4) is 0 Å². The van der Waals surface area contributed by atoms with Crippen LogP contribution in [0.25, 0.3) is 0 Å². The van der Waals surface area contributed by atoms with E-state index in [0.717, 1.165) is 17.5 Å². The average Bonchev–Trinajstić information content (AvgIpc) is 2.36. The molecule has 0 saturated heterocycles. The molecule has 0 saturated carbocycles. The molecule has 52 valence electrons. The van der Waals surface area contributed by atoms with E-state index in [1.807, 2.05) is 10.8 Å². The van der Waals surface area contributed by atoms with Gasteiger partial charge in [0.25, 0.3) is 0 Å². The van der Waals surface area contributed by atoms with Gasteiger partial charge in [0.1, 0.15) is 0 Å². The number of thiophene rings is 1. The summed E-state index contributed by atoms with van der Waals surface area (Å²) in [6, 6.07) is 0. The number of carbonyl (C=O) groups is 1. The number of esters is 1. The van der Waals surface area contributed by atoms with Gasteiger partial charge in [-0.2, -0.15) is 11.3 Å². The molecule has 0 fully saturated rings. The molecule has 1 aromatic rings. The highest BCUT2D eigenvalue weighted by atomic mass is 32.1. The smallest absolute Gasteiger partial charge is 0.339 e. The SMILES string of the molecule is O=C1OCCc2cscc21. The second kappa shape index (κ2) is 2.09. The Hall–Kier alpha value is -0.830. The maximum Gasteiger partial charge on any atom is 0.339 e. The summed E-state index contributed by atoms with van der Waals surface area (Å²) in [7, 11) is 0. The lowest BCUT2D eigenvalue weighted by Crippen LogP contribution is -2.15. The Kier molecular flexibility index (Phi) is 1.24. The van der Waals surface area contributed by atoms with E-state index in [1.54, 1.807) is 11.3 Å². The van der Waals surface area contributed by atoms with Gasteiger partial charge in [-0.25, -0.2) is 4.79 Å². The van der Waals surface area contributed by atoms with Crippen molar-refractivity contribution in [1.82, 2.24) is 0 Å². The van der Waals surface area contributed by atoms with Gasteiger partial charge < -0.3 is 4.74 Å². The van der Waals surface area contributed by atoms with Crippen molar-refractivity contribution in [3.63, 3.8) is 0 Å². The van der Waals surface area contributed by atoms with Gasteiger partial charge in [0, 0.05) is 11.8 Å². The van der Waals surface area contributed by atoms with Crippen LogP contribution in [0.15, 0.2) is 10.8 Å². The van der Waals surface area contributed by atoms with Gasteiger partial charge in [-0.15, -0.1) is 0 Å². The Morgan fingerprint density at radius 1 is 1.50 bits per heavy atom. The summed E-state index contributed by atoms with van der Waals surface area (Å²) < 4.78 is 4.83. The second-order valence-corrected chi connectivity index (χ2v) is 2.94. The van der Waals surface area contributed by atoms with Crippen LogP contribution in [0.5, 0.6) is 0 Å². The van der Waals surface area contributed by atoms with Crippen LogP contribution in [-0.2, 0) is 11.2 Å². The van der Waals surface area contributed by atoms with E-state index in [-0.39, 0.29) is 5.97 Å². The molecule has 0 unspecified atom stereocenters. The van der Waals surface area contributed by atoms with Gasteiger partial charge in [0.2, 0.25) is 0 Å². The van der Waals surface area contributed by atoms with Crippen LogP contribution in [0.2, 0.25) is 0 Å². The predicted molar refractivity (Wildman–Crippen MR) is 38.3 cm³/mol. The first kappa shape index (κ1) is 5.92. The van der Waals surface area contributed by atoms with E-state index in [1.165, 1.54) is 0 Å². The molecule has 2 heterocycles. The summed E-state index contributed by atoms with van der Waals surface area (Å²) in [4.78, 5) is 10.9. The van der Waals surface area contributed by atoms with E-state index < -0.39 is 0 Å². The number of carbonyl (C=O) groups excluding carboxylic acids is 1. The fourth-order valence-electron chi connectivity index (χ4n) is 1.03. The van der Waals surface area contributed by atoms with E-state index in [9.17, 15) is 4.79 Å². The van der Waals surface area contributed by atoms with Crippen molar-refractivity contribution in [1.29, 1.82) is 0 Å². The molecule has 0 aliphatic carbocycles. The van der Waals surface area contributed by atoms with Gasteiger partial charge in [-0.05, 0) is 10.9 Å². The lowest BCUT2D eigenvalue weighted by atomic mass is 10.1. The van der Waals surface area contributed by atoms with Crippen molar-refractivity contribution in [3.05, 3.63) is 21.9 Å². The highest BCUT2D eigenvalue weighted by Gasteiger charge is 2.18. The lowest BCUT2D eigenvalue weighted by Gasteiger charge is -2.10. The van der Waals surface area contributed by atoms with Crippen molar-refractivity contribution in [2.75, 3.05) is 6.61 Å². The van der Waals surface area contributed by atoms with Gasteiger partial charge >= 0.3 is 5.97 Å². The Labute approximate surface area is 62.4 Å². The summed E-state index contributed by atoms with van der Waals surface area (Å²) in [5.74, 6) is -0.164. The number of hydrogen-bond donors (Lipinski definition) is 0. The van der Waals surface area contributed by atoms with E-state index >= 15 is 0 Å². The Balaban J connectivity index is 2.50. The molecule has 0 spiro atoms. The minimum atomic E-state index is -0.164. The first-order valence-corrected chi connectivity index (χ1v) is 4.04. The molecule has 0 N–H and O–H groups in total. The molecule has 10 heavy (non-hydrogen) atoms. The van der Waals surface area contributed by atoms with Crippen LogP contribution in [0.3, 0.4) is 0 Å². The Morgan fingerprint density at radius 3 is 3.20 bits per heavy atom. The van der Waals surface area contributed by atoms with Crippen LogP contribution >= 0.6 is 11.3 Å². The predicted octanol–water partition coefficient (Wildman–Crippen LogP) is 1.46. The van der Waals surface area contributed by atoms with Crippen LogP contribution in [-0.4, -0.2) is 12.6 Å². The third-order valence-electron chi connectivity index (χ3n) is 1.57. The molecule has 0 bridgehead atoms. The zero-order chi connectivity index (χ0) is 6.97. The first-order chi connectivity index (χ1) is 4.88. The van der Waals surface area contributed by atoms with Crippen molar-refractivity contribution < 1.29 is 9.53 Å². The fraction of sp³-hybridized carbons (Fsp3) is 0.286. The maximum absolute atomic E-state index is 10.9. The monoisotopic (exact) mass is 154 g/mol. The summed E-state index contributed by atoms with van der Waals surface area (Å²) >= 11 is 1.56. The second-order valence-electron chi connectivity index (χ2n) is 2.20. The molecule has 2 rings (SSSR count). The third-order valence-corrected chi connectivity index (χ3v) is 2.36. The minimum Gasteiger partial charge on any atom is -0.462 e. The van der Waals surface area contributed by atoms with Crippen LogP contribution in [0, 0.1) is 0 Å². The zero-order valence-electron chi connectivity index (χ0n) is 5.29. The average molecular weight is 154 g/mol. The summed E-state index contributed by atoms with van der Waals surface area (Å²) in [5, 5.41) is 3.85. The molecular weight excluding hydrogens is 148 g/mol. The molecule has 0 aromatic carbocycles. The summed E-state index contributed by atoms with van der Waals surface area (Å²) in [6.45, 7) is 0.544. The van der Waals surface area contributed by atoms with Crippen molar-refractivity contribution >= 4 is 17.3 Å². The first-order valence-electron chi connectivity index (χ1n) is 3.10. The quantitative estimate of drug-likeness (QED) is 0.529. The fourth-order valence-corrected chi connectivity index (χ4v) is 1.89. The summed E-state index contributed by atoms with van der Waals surface area (Å²) in [5.41, 5.74) is 1.90. The van der Waals surface area contributed by atoms with Gasteiger partial charge in [0.15, 0.2) is 0 Å². The molecule has 0 amide bonds.